The maximum Gasteiger partial charge on any atom is 0.226 e. The number of anilines is 1. The Bertz CT molecular complexity index is 397. The van der Waals surface area contributed by atoms with Gasteiger partial charge in [-0.1, -0.05) is 0 Å². The van der Waals surface area contributed by atoms with Gasteiger partial charge in [0.15, 0.2) is 0 Å². The highest BCUT2D eigenvalue weighted by molar-refractivity contribution is 5.92. The van der Waals surface area contributed by atoms with Crippen LogP contribution in [0.3, 0.4) is 0 Å². The van der Waals surface area contributed by atoms with E-state index in [9.17, 15) is 4.79 Å². The molecule has 0 saturated heterocycles. The van der Waals surface area contributed by atoms with Crippen LogP contribution in [-0.4, -0.2) is 26.2 Å². The smallest absolute Gasteiger partial charge is 0.226 e. The van der Waals surface area contributed by atoms with Gasteiger partial charge < -0.3 is 20.5 Å². The molecule has 0 radical (unpaired) electrons. The number of halogens is 1. The molecule has 0 saturated carbocycles. The molecule has 1 unspecified atom stereocenters. The molecule has 0 bridgehead atoms. The predicted octanol–water partition coefficient (Wildman–Crippen LogP) is 1.80. The zero-order valence-electron chi connectivity index (χ0n) is 10.7. The second-order valence-electron chi connectivity index (χ2n) is 3.80. The topological polar surface area (TPSA) is 73.6 Å². The number of hydrogen-bond acceptors (Lipinski definition) is 4. The Morgan fingerprint density at radius 1 is 1.39 bits per heavy atom. The van der Waals surface area contributed by atoms with E-state index in [2.05, 4.69) is 5.32 Å². The van der Waals surface area contributed by atoms with Gasteiger partial charge in [-0.3, -0.25) is 4.79 Å². The van der Waals surface area contributed by atoms with Crippen LogP contribution in [0.15, 0.2) is 18.2 Å². The molecule has 1 aromatic carbocycles. The number of nitrogens with one attached hydrogen (secondary N) is 1. The van der Waals surface area contributed by atoms with Gasteiger partial charge in [-0.2, -0.15) is 0 Å². The van der Waals surface area contributed by atoms with Gasteiger partial charge in [0.2, 0.25) is 5.91 Å². The minimum absolute atomic E-state index is 0. The van der Waals surface area contributed by atoms with Crippen molar-refractivity contribution in [2.45, 2.75) is 19.4 Å². The average molecular weight is 275 g/mol. The number of nitrogens with two attached hydrogens (primary N) is 1. The molecule has 18 heavy (non-hydrogen) atoms. The molecule has 1 aromatic rings. The summed E-state index contributed by atoms with van der Waals surface area (Å²) in [5.74, 6) is 1.10. The van der Waals surface area contributed by atoms with Crippen LogP contribution in [0.1, 0.15) is 13.3 Å². The number of amides is 1. The minimum atomic E-state index is -0.167. The van der Waals surface area contributed by atoms with Crippen LogP contribution in [0.2, 0.25) is 0 Å². The third kappa shape index (κ3) is 4.81. The molecule has 0 aliphatic rings. The molecule has 1 rings (SSSR count). The van der Waals surface area contributed by atoms with E-state index in [0.717, 1.165) is 0 Å². The SMILES string of the molecule is COc1ccc(NC(=O)CC(C)N)c(OC)c1.Cl. The van der Waals surface area contributed by atoms with E-state index >= 15 is 0 Å². The first-order valence-electron chi connectivity index (χ1n) is 5.34. The lowest BCUT2D eigenvalue weighted by Crippen LogP contribution is -2.24. The molecule has 102 valence electrons. The van der Waals surface area contributed by atoms with Crippen LogP contribution in [0.5, 0.6) is 11.5 Å². The van der Waals surface area contributed by atoms with E-state index in [1.54, 1.807) is 32.2 Å². The van der Waals surface area contributed by atoms with Crippen LogP contribution in [0.4, 0.5) is 5.69 Å². The zero-order chi connectivity index (χ0) is 12.8. The van der Waals surface area contributed by atoms with E-state index in [-0.39, 0.29) is 30.8 Å². The number of benzene rings is 1. The predicted molar refractivity (Wildman–Crippen MR) is 73.7 cm³/mol. The van der Waals surface area contributed by atoms with Crippen molar-refractivity contribution in [2.75, 3.05) is 19.5 Å². The molecule has 0 spiro atoms. The molecule has 0 aliphatic carbocycles. The van der Waals surface area contributed by atoms with Gasteiger partial charge in [0.05, 0.1) is 19.9 Å². The average Bonchev–Trinajstić information content (AvgIpc) is 2.28. The molecular weight excluding hydrogens is 256 g/mol. The summed E-state index contributed by atoms with van der Waals surface area (Å²) in [4.78, 5) is 11.6. The van der Waals surface area contributed by atoms with E-state index in [1.807, 2.05) is 0 Å². The number of rotatable bonds is 5. The van der Waals surface area contributed by atoms with E-state index in [4.69, 9.17) is 15.2 Å². The maximum absolute atomic E-state index is 11.6. The summed E-state index contributed by atoms with van der Waals surface area (Å²) in [5.41, 5.74) is 6.16. The van der Waals surface area contributed by atoms with Crippen molar-refractivity contribution in [1.82, 2.24) is 0 Å². The van der Waals surface area contributed by atoms with Gasteiger partial charge in [-0.25, -0.2) is 0 Å². The number of carbonyl (C=O) groups is 1. The zero-order valence-corrected chi connectivity index (χ0v) is 11.5. The fourth-order valence-corrected chi connectivity index (χ4v) is 1.40. The van der Waals surface area contributed by atoms with Crippen LogP contribution in [-0.2, 0) is 4.79 Å². The van der Waals surface area contributed by atoms with E-state index in [0.29, 0.717) is 17.2 Å². The minimum Gasteiger partial charge on any atom is -0.497 e. The van der Waals surface area contributed by atoms with E-state index in [1.165, 1.54) is 7.11 Å². The van der Waals surface area contributed by atoms with Gasteiger partial charge in [0.25, 0.3) is 0 Å². The highest BCUT2D eigenvalue weighted by Crippen LogP contribution is 2.29. The molecule has 0 aliphatic heterocycles. The number of ether oxygens (including phenoxy) is 2. The second kappa shape index (κ2) is 7.79. The lowest BCUT2D eigenvalue weighted by Gasteiger charge is -2.12. The van der Waals surface area contributed by atoms with Crippen LogP contribution in [0.25, 0.3) is 0 Å². The highest BCUT2D eigenvalue weighted by atomic mass is 35.5. The van der Waals surface area contributed by atoms with Gasteiger partial charge >= 0.3 is 0 Å². The van der Waals surface area contributed by atoms with E-state index < -0.39 is 0 Å². The van der Waals surface area contributed by atoms with Crippen LogP contribution in [0, 0.1) is 0 Å². The molecule has 0 aromatic heterocycles. The quantitative estimate of drug-likeness (QED) is 0.859. The summed E-state index contributed by atoms with van der Waals surface area (Å²) in [6, 6.07) is 5.03. The molecular formula is C12H19ClN2O3. The van der Waals surface area contributed by atoms with Crippen molar-refractivity contribution >= 4 is 24.0 Å². The summed E-state index contributed by atoms with van der Waals surface area (Å²) in [7, 11) is 3.11. The number of methoxy groups -OCH3 is 2. The molecule has 3 N–H and O–H groups in total. The third-order valence-electron chi connectivity index (χ3n) is 2.19. The summed E-state index contributed by atoms with van der Waals surface area (Å²) < 4.78 is 10.2. The van der Waals surface area contributed by atoms with Gasteiger partial charge in [0.1, 0.15) is 11.5 Å². The standard InChI is InChI=1S/C12H18N2O3.ClH/c1-8(13)6-12(15)14-10-5-4-9(16-2)7-11(10)17-3;/h4-5,7-8H,6,13H2,1-3H3,(H,14,15);1H. The monoisotopic (exact) mass is 274 g/mol. The van der Waals surface area contributed by atoms with Crippen molar-refractivity contribution in [3.05, 3.63) is 18.2 Å². The van der Waals surface area contributed by atoms with Crippen molar-refractivity contribution < 1.29 is 14.3 Å². The largest absolute Gasteiger partial charge is 0.497 e. The molecule has 1 atom stereocenters. The van der Waals surface area contributed by atoms with Gasteiger partial charge in [0, 0.05) is 18.5 Å². The Labute approximate surface area is 113 Å². The van der Waals surface area contributed by atoms with Crippen molar-refractivity contribution in [1.29, 1.82) is 0 Å². The summed E-state index contributed by atoms with van der Waals surface area (Å²) >= 11 is 0. The van der Waals surface area contributed by atoms with Crippen molar-refractivity contribution in [3.63, 3.8) is 0 Å². The Kier molecular flexibility index (Phi) is 7.16. The lowest BCUT2D eigenvalue weighted by molar-refractivity contribution is -0.116. The normalized spacial score (nSPS) is 11.1. The Morgan fingerprint density at radius 2 is 2.06 bits per heavy atom. The molecule has 0 fully saturated rings. The third-order valence-corrected chi connectivity index (χ3v) is 2.19. The lowest BCUT2D eigenvalue weighted by atomic mass is 10.2. The first kappa shape index (κ1) is 16.5. The molecule has 0 heterocycles. The Hall–Kier alpha value is -1.46. The highest BCUT2D eigenvalue weighted by Gasteiger charge is 2.10. The summed E-state index contributed by atoms with van der Waals surface area (Å²) in [6.45, 7) is 1.78. The first-order chi connectivity index (χ1) is 8.06. The van der Waals surface area contributed by atoms with Crippen LogP contribution >= 0.6 is 12.4 Å². The number of hydrogen-bond donors (Lipinski definition) is 2. The van der Waals surface area contributed by atoms with Gasteiger partial charge in [-0.15, -0.1) is 12.4 Å². The Morgan fingerprint density at radius 3 is 2.56 bits per heavy atom. The molecule has 6 heteroatoms. The first-order valence-corrected chi connectivity index (χ1v) is 5.34. The van der Waals surface area contributed by atoms with Crippen molar-refractivity contribution in [2.24, 2.45) is 5.73 Å². The fraction of sp³-hybridized carbons (Fsp3) is 0.417. The van der Waals surface area contributed by atoms with Crippen molar-refractivity contribution in [3.8, 4) is 11.5 Å². The number of carbonyl (C=O) groups excluding carboxylic acids is 1. The summed E-state index contributed by atoms with van der Waals surface area (Å²) in [5, 5.41) is 2.74. The van der Waals surface area contributed by atoms with Crippen LogP contribution < -0.4 is 20.5 Å². The Balaban J connectivity index is 0.00000289. The maximum atomic E-state index is 11.6. The molecule has 1 amide bonds. The second-order valence-corrected chi connectivity index (χ2v) is 3.80. The summed E-state index contributed by atoms with van der Waals surface area (Å²) in [6.07, 6.45) is 0.273. The fourth-order valence-electron chi connectivity index (χ4n) is 1.40. The molecule has 5 nitrogen and oxygen atoms in total. The van der Waals surface area contributed by atoms with Gasteiger partial charge in [-0.05, 0) is 19.1 Å².